The molecule has 4 nitrogen and oxygen atoms in total. The highest BCUT2D eigenvalue weighted by molar-refractivity contribution is 7.09. The lowest BCUT2D eigenvalue weighted by molar-refractivity contribution is -0.136. The van der Waals surface area contributed by atoms with Gasteiger partial charge in [-0.3, -0.25) is 4.79 Å². The van der Waals surface area contributed by atoms with E-state index in [-0.39, 0.29) is 19.7 Å². The minimum absolute atomic E-state index is 0.206. The van der Waals surface area contributed by atoms with Gasteiger partial charge in [0.2, 0.25) is 0 Å². The highest BCUT2D eigenvalue weighted by Crippen LogP contribution is 2.21. The largest absolute Gasteiger partial charge is 0.487 e. The van der Waals surface area contributed by atoms with Crippen molar-refractivity contribution in [1.82, 2.24) is 9.88 Å². The fourth-order valence-electron chi connectivity index (χ4n) is 2.20. The summed E-state index contributed by atoms with van der Waals surface area (Å²) in [7, 11) is 0. The van der Waals surface area contributed by atoms with Gasteiger partial charge >= 0.3 is 6.18 Å². The molecule has 0 saturated heterocycles. The predicted molar refractivity (Wildman–Crippen MR) is 89.9 cm³/mol. The number of carbonyl (C=O) groups is 1. The Labute approximate surface area is 148 Å². The maximum absolute atomic E-state index is 12.4. The Morgan fingerprint density at radius 1 is 1.36 bits per heavy atom. The Morgan fingerprint density at radius 3 is 2.72 bits per heavy atom. The van der Waals surface area contributed by atoms with Crippen LogP contribution in [-0.4, -0.2) is 35.1 Å². The number of thiazole rings is 1. The van der Waals surface area contributed by atoms with E-state index >= 15 is 0 Å². The summed E-state index contributed by atoms with van der Waals surface area (Å²) < 4.78 is 42.8. The number of ether oxygens (including phenoxy) is 1. The molecule has 2 rings (SSSR count). The van der Waals surface area contributed by atoms with Crippen LogP contribution in [0.25, 0.3) is 0 Å². The lowest BCUT2D eigenvalue weighted by Crippen LogP contribution is -2.34. The maximum atomic E-state index is 12.4. The second kappa shape index (κ2) is 8.33. The molecule has 136 valence electrons. The van der Waals surface area contributed by atoms with Crippen LogP contribution in [0.1, 0.15) is 34.4 Å². The summed E-state index contributed by atoms with van der Waals surface area (Å²) in [5.41, 5.74) is 1.09. The Hall–Kier alpha value is -2.09. The normalized spacial score (nSPS) is 11.4. The van der Waals surface area contributed by atoms with E-state index in [0.717, 1.165) is 10.7 Å². The van der Waals surface area contributed by atoms with Crippen LogP contribution in [0.5, 0.6) is 5.75 Å². The fourth-order valence-corrected chi connectivity index (χ4v) is 2.80. The molecule has 1 heterocycles. The van der Waals surface area contributed by atoms with Crippen LogP contribution in [0.15, 0.2) is 29.6 Å². The molecule has 0 aliphatic rings. The summed E-state index contributed by atoms with van der Waals surface area (Å²) in [5, 5.41) is 2.83. The van der Waals surface area contributed by atoms with Gasteiger partial charge in [0.25, 0.3) is 5.91 Å². The third-order valence-corrected chi connectivity index (χ3v) is 4.29. The molecule has 25 heavy (non-hydrogen) atoms. The van der Waals surface area contributed by atoms with Crippen molar-refractivity contribution in [1.29, 1.82) is 0 Å². The topological polar surface area (TPSA) is 42.4 Å². The van der Waals surface area contributed by atoms with E-state index in [9.17, 15) is 18.0 Å². The molecule has 8 heteroatoms. The predicted octanol–water partition coefficient (Wildman–Crippen LogP) is 4.45. The number of alkyl halides is 3. The van der Waals surface area contributed by atoms with Crippen molar-refractivity contribution >= 4 is 17.2 Å². The Kier molecular flexibility index (Phi) is 6.41. The number of nitrogens with zero attached hydrogens (tertiary/aromatic N) is 2. The number of benzene rings is 1. The quantitative estimate of drug-likeness (QED) is 0.721. The molecule has 1 aromatic heterocycles. The van der Waals surface area contributed by atoms with Crippen LogP contribution in [0.2, 0.25) is 0 Å². The Balaban J connectivity index is 2.01. The van der Waals surface area contributed by atoms with Gasteiger partial charge in [0.1, 0.15) is 12.4 Å². The van der Waals surface area contributed by atoms with Gasteiger partial charge in [-0.2, -0.15) is 13.2 Å². The van der Waals surface area contributed by atoms with Gasteiger partial charge in [-0.05, 0) is 32.0 Å². The molecular weight excluding hydrogens is 353 g/mol. The number of aromatic nitrogens is 1. The van der Waals surface area contributed by atoms with Gasteiger partial charge in [0, 0.05) is 24.0 Å². The van der Waals surface area contributed by atoms with E-state index in [4.69, 9.17) is 4.74 Å². The van der Waals surface area contributed by atoms with Crippen molar-refractivity contribution in [2.75, 3.05) is 13.1 Å². The van der Waals surface area contributed by atoms with Gasteiger partial charge in [-0.15, -0.1) is 11.3 Å². The molecule has 0 unspecified atom stereocenters. The van der Waals surface area contributed by atoms with Crippen LogP contribution in [-0.2, 0) is 6.61 Å². The maximum Gasteiger partial charge on any atom is 0.390 e. The lowest BCUT2D eigenvalue weighted by Gasteiger charge is -2.22. The van der Waals surface area contributed by atoms with E-state index in [2.05, 4.69) is 4.98 Å². The van der Waals surface area contributed by atoms with Crippen molar-refractivity contribution in [2.45, 2.75) is 33.1 Å². The number of hydrogen-bond donors (Lipinski definition) is 0. The molecule has 0 saturated carbocycles. The molecule has 0 radical (unpaired) electrons. The molecule has 0 aliphatic carbocycles. The number of amides is 1. The van der Waals surface area contributed by atoms with Crippen LogP contribution in [0.4, 0.5) is 13.2 Å². The molecule has 0 aliphatic heterocycles. The summed E-state index contributed by atoms with van der Waals surface area (Å²) >= 11 is 1.52. The fraction of sp³-hybridized carbons (Fsp3) is 0.412. The summed E-state index contributed by atoms with van der Waals surface area (Å²) in [6.45, 7) is 3.67. The molecule has 0 N–H and O–H groups in total. The van der Waals surface area contributed by atoms with E-state index in [1.807, 2.05) is 12.3 Å². The van der Waals surface area contributed by atoms with Gasteiger partial charge < -0.3 is 9.64 Å². The minimum Gasteiger partial charge on any atom is -0.487 e. The SMILES string of the molecule is CCN(CCC(F)(F)F)C(=O)c1cccc(OCc2csc(C)n2)c1. The van der Waals surface area contributed by atoms with Gasteiger partial charge in [0.05, 0.1) is 17.1 Å². The summed E-state index contributed by atoms with van der Waals surface area (Å²) in [6, 6.07) is 6.45. The number of carbonyl (C=O) groups excluding carboxylic acids is 1. The van der Waals surface area contributed by atoms with Crippen LogP contribution >= 0.6 is 11.3 Å². The summed E-state index contributed by atoms with van der Waals surface area (Å²) in [6.07, 6.45) is -5.31. The van der Waals surface area contributed by atoms with Gasteiger partial charge in [-0.1, -0.05) is 6.07 Å². The third kappa shape index (κ3) is 6.04. The highest BCUT2D eigenvalue weighted by atomic mass is 32.1. The average molecular weight is 372 g/mol. The van der Waals surface area contributed by atoms with Crippen molar-refractivity contribution in [3.63, 3.8) is 0 Å². The second-order valence-corrected chi connectivity index (χ2v) is 6.49. The number of rotatable bonds is 7. The van der Waals surface area contributed by atoms with Gasteiger partial charge in [-0.25, -0.2) is 4.98 Å². The monoisotopic (exact) mass is 372 g/mol. The Bertz CT molecular complexity index is 716. The zero-order valence-corrected chi connectivity index (χ0v) is 14.8. The molecule has 0 atom stereocenters. The minimum atomic E-state index is -4.29. The number of aryl methyl sites for hydroxylation is 1. The number of halogens is 3. The molecule has 1 aromatic carbocycles. The standard InChI is InChI=1S/C17H19F3N2O2S/c1-3-22(8-7-17(18,19)20)16(23)13-5-4-6-15(9-13)24-10-14-11-25-12(2)21-14/h4-6,9,11H,3,7-8,10H2,1-2H3. The van der Waals surface area contributed by atoms with Crippen molar-refractivity contribution in [3.8, 4) is 5.75 Å². The third-order valence-electron chi connectivity index (χ3n) is 3.47. The van der Waals surface area contributed by atoms with Gasteiger partial charge in [0.15, 0.2) is 0 Å². The van der Waals surface area contributed by atoms with Crippen LogP contribution in [0.3, 0.4) is 0 Å². The zero-order valence-electron chi connectivity index (χ0n) is 14.0. The zero-order chi connectivity index (χ0) is 18.4. The van der Waals surface area contributed by atoms with E-state index in [1.165, 1.54) is 22.3 Å². The lowest BCUT2D eigenvalue weighted by atomic mass is 10.2. The molecule has 0 bridgehead atoms. The van der Waals surface area contributed by atoms with E-state index in [1.54, 1.807) is 25.1 Å². The molecule has 2 aromatic rings. The smallest absolute Gasteiger partial charge is 0.390 e. The first-order valence-electron chi connectivity index (χ1n) is 7.78. The average Bonchev–Trinajstić information content (AvgIpc) is 2.98. The molecule has 0 fully saturated rings. The van der Waals surface area contributed by atoms with Crippen molar-refractivity contribution < 1.29 is 22.7 Å². The van der Waals surface area contributed by atoms with Crippen LogP contribution in [0, 0.1) is 6.92 Å². The number of hydrogen-bond acceptors (Lipinski definition) is 4. The van der Waals surface area contributed by atoms with E-state index in [0.29, 0.717) is 11.3 Å². The van der Waals surface area contributed by atoms with E-state index < -0.39 is 18.5 Å². The molecule has 1 amide bonds. The summed E-state index contributed by atoms with van der Waals surface area (Å²) in [5.74, 6) is 0.0325. The molecular formula is C17H19F3N2O2S. The van der Waals surface area contributed by atoms with Crippen molar-refractivity contribution in [2.24, 2.45) is 0 Å². The molecule has 0 spiro atoms. The first-order valence-corrected chi connectivity index (χ1v) is 8.66. The first kappa shape index (κ1) is 19.2. The second-order valence-electron chi connectivity index (χ2n) is 5.42. The summed E-state index contributed by atoms with van der Waals surface area (Å²) in [4.78, 5) is 17.9. The van der Waals surface area contributed by atoms with Crippen molar-refractivity contribution in [3.05, 3.63) is 45.9 Å². The van der Waals surface area contributed by atoms with Crippen LogP contribution < -0.4 is 4.74 Å². The Morgan fingerprint density at radius 2 is 2.12 bits per heavy atom. The highest BCUT2D eigenvalue weighted by Gasteiger charge is 2.28. The first-order chi connectivity index (χ1) is 11.8.